The largest absolute Gasteiger partial charge is 0.443 e. The lowest BCUT2D eigenvalue weighted by Gasteiger charge is -2.23. The van der Waals surface area contributed by atoms with Gasteiger partial charge in [0, 0.05) is 18.2 Å². The van der Waals surface area contributed by atoms with E-state index in [1.807, 2.05) is 31.2 Å². The number of carbonyl (C=O) groups excluding carboxylic acids is 1. The fourth-order valence-corrected chi connectivity index (χ4v) is 2.55. The van der Waals surface area contributed by atoms with E-state index in [2.05, 4.69) is 15.6 Å². The number of aromatic nitrogens is 1. The van der Waals surface area contributed by atoms with E-state index in [1.54, 1.807) is 0 Å². The number of oxazole rings is 1. The molecule has 1 aliphatic rings. The van der Waals surface area contributed by atoms with Crippen molar-refractivity contribution in [2.75, 3.05) is 13.1 Å². The van der Waals surface area contributed by atoms with Crippen LogP contribution in [0.15, 0.2) is 35.1 Å². The van der Waals surface area contributed by atoms with Crippen molar-refractivity contribution in [2.24, 2.45) is 0 Å². The second kappa shape index (κ2) is 8.91. The molecule has 0 unspecified atom stereocenters. The van der Waals surface area contributed by atoms with Gasteiger partial charge in [-0.1, -0.05) is 29.8 Å². The van der Waals surface area contributed by atoms with Gasteiger partial charge in [-0.05, 0) is 26.3 Å². The zero-order valence-corrected chi connectivity index (χ0v) is 14.5. The Hall–Kier alpha value is -1.56. The number of piperidine rings is 1. The van der Waals surface area contributed by atoms with E-state index in [0.29, 0.717) is 11.5 Å². The van der Waals surface area contributed by atoms with Crippen LogP contribution in [0.1, 0.15) is 28.9 Å². The summed E-state index contributed by atoms with van der Waals surface area (Å²) < 4.78 is 5.41. The van der Waals surface area contributed by atoms with Crippen molar-refractivity contribution < 1.29 is 9.21 Å². The Morgan fingerprint density at radius 3 is 2.70 bits per heavy atom. The van der Waals surface area contributed by atoms with Gasteiger partial charge in [0.15, 0.2) is 17.8 Å². The Bertz CT molecular complexity index is 623. The van der Waals surface area contributed by atoms with E-state index < -0.39 is 0 Å². The summed E-state index contributed by atoms with van der Waals surface area (Å²) in [6.45, 7) is 3.85. The Labute approximate surface area is 148 Å². The van der Waals surface area contributed by atoms with E-state index >= 15 is 0 Å². The monoisotopic (exact) mass is 357 g/mol. The molecule has 3 rings (SSSR count). The van der Waals surface area contributed by atoms with Crippen molar-refractivity contribution in [3.05, 3.63) is 41.9 Å². The smallest absolute Gasteiger partial charge is 0.274 e. The van der Waals surface area contributed by atoms with Crippen LogP contribution in [0, 0.1) is 6.92 Å². The molecular weight excluding hydrogens is 337 g/mol. The molecule has 0 aliphatic carbocycles. The van der Waals surface area contributed by atoms with Crippen molar-refractivity contribution in [1.82, 2.24) is 15.6 Å². The third-order valence-electron chi connectivity index (χ3n) is 3.73. The average molecular weight is 358 g/mol. The van der Waals surface area contributed by atoms with Gasteiger partial charge in [-0.15, -0.1) is 24.8 Å². The number of hydrogen-bond donors (Lipinski definition) is 2. The molecular formula is C16H21Cl2N3O2. The van der Waals surface area contributed by atoms with Gasteiger partial charge in [-0.2, -0.15) is 0 Å². The standard InChI is InChI=1S/C16H19N3O2.2ClH/c1-11-4-6-12(7-5-11)15-14(18-10-21-15)16(20)19-13-3-2-8-17-9-13;;/h4-7,10,13,17H,2-3,8-9H2,1H3,(H,19,20);2*1H/t13-;;/m0../s1. The Kier molecular flexibility index (Phi) is 7.55. The molecule has 1 saturated heterocycles. The van der Waals surface area contributed by atoms with Crippen LogP contribution in [0.25, 0.3) is 11.3 Å². The highest BCUT2D eigenvalue weighted by atomic mass is 35.5. The van der Waals surface area contributed by atoms with Crippen LogP contribution in [0.4, 0.5) is 0 Å². The van der Waals surface area contributed by atoms with Gasteiger partial charge in [-0.3, -0.25) is 4.79 Å². The van der Waals surface area contributed by atoms with E-state index in [-0.39, 0.29) is 36.8 Å². The molecule has 1 amide bonds. The van der Waals surface area contributed by atoms with Crippen molar-refractivity contribution in [3.8, 4) is 11.3 Å². The van der Waals surface area contributed by atoms with Crippen LogP contribution in [-0.4, -0.2) is 30.0 Å². The minimum Gasteiger partial charge on any atom is -0.443 e. The van der Waals surface area contributed by atoms with E-state index in [0.717, 1.165) is 37.1 Å². The average Bonchev–Trinajstić information content (AvgIpc) is 2.98. The topological polar surface area (TPSA) is 67.2 Å². The molecule has 7 heteroatoms. The van der Waals surface area contributed by atoms with E-state index in [4.69, 9.17) is 4.42 Å². The third-order valence-corrected chi connectivity index (χ3v) is 3.73. The number of halogens is 2. The Morgan fingerprint density at radius 2 is 2.04 bits per heavy atom. The summed E-state index contributed by atoms with van der Waals surface area (Å²) in [4.78, 5) is 16.5. The van der Waals surface area contributed by atoms with Crippen LogP contribution in [0.5, 0.6) is 0 Å². The van der Waals surface area contributed by atoms with Crippen molar-refractivity contribution in [1.29, 1.82) is 0 Å². The minimum absolute atomic E-state index is 0. The molecule has 0 spiro atoms. The SMILES string of the molecule is Cc1ccc(-c2ocnc2C(=O)N[C@H]2CCCNC2)cc1.Cl.Cl. The number of hydrogen-bond acceptors (Lipinski definition) is 4. The first-order valence-electron chi connectivity index (χ1n) is 7.26. The lowest BCUT2D eigenvalue weighted by molar-refractivity contribution is 0.0926. The molecule has 2 N–H and O–H groups in total. The maximum atomic E-state index is 12.4. The zero-order chi connectivity index (χ0) is 14.7. The summed E-state index contributed by atoms with van der Waals surface area (Å²) in [6.07, 6.45) is 3.40. The normalized spacial score (nSPS) is 16.8. The predicted octanol–water partition coefficient (Wildman–Crippen LogP) is 2.98. The molecule has 0 radical (unpaired) electrons. The van der Waals surface area contributed by atoms with Crippen molar-refractivity contribution >= 4 is 30.7 Å². The number of nitrogens with one attached hydrogen (secondary N) is 2. The maximum Gasteiger partial charge on any atom is 0.274 e. The second-order valence-electron chi connectivity index (χ2n) is 5.41. The van der Waals surface area contributed by atoms with Crippen LogP contribution in [-0.2, 0) is 0 Å². The molecule has 1 fully saturated rings. The van der Waals surface area contributed by atoms with Gasteiger partial charge < -0.3 is 15.1 Å². The number of aryl methyl sites for hydroxylation is 1. The highest BCUT2D eigenvalue weighted by molar-refractivity contribution is 5.97. The van der Waals surface area contributed by atoms with Crippen molar-refractivity contribution in [3.63, 3.8) is 0 Å². The maximum absolute atomic E-state index is 12.4. The van der Waals surface area contributed by atoms with Crippen LogP contribution in [0.2, 0.25) is 0 Å². The first-order chi connectivity index (χ1) is 10.2. The van der Waals surface area contributed by atoms with Gasteiger partial charge in [0.1, 0.15) is 0 Å². The lowest BCUT2D eigenvalue weighted by atomic mass is 10.1. The Morgan fingerprint density at radius 1 is 1.30 bits per heavy atom. The summed E-state index contributed by atoms with van der Waals surface area (Å²) in [5.74, 6) is 0.351. The van der Waals surface area contributed by atoms with Gasteiger partial charge in [-0.25, -0.2) is 4.98 Å². The molecule has 5 nitrogen and oxygen atoms in total. The minimum atomic E-state index is -0.173. The number of benzene rings is 1. The Balaban J connectivity index is 0.00000132. The lowest BCUT2D eigenvalue weighted by Crippen LogP contribution is -2.45. The molecule has 1 aromatic carbocycles. The summed E-state index contributed by atoms with van der Waals surface area (Å²) in [5, 5.41) is 6.30. The van der Waals surface area contributed by atoms with Crippen LogP contribution < -0.4 is 10.6 Å². The summed E-state index contributed by atoms with van der Waals surface area (Å²) in [7, 11) is 0. The molecule has 0 saturated carbocycles. The van der Waals surface area contributed by atoms with Crippen LogP contribution in [0.3, 0.4) is 0 Å². The summed E-state index contributed by atoms with van der Waals surface area (Å²) >= 11 is 0. The molecule has 126 valence electrons. The highest BCUT2D eigenvalue weighted by Gasteiger charge is 2.22. The quantitative estimate of drug-likeness (QED) is 0.885. The van der Waals surface area contributed by atoms with Crippen LogP contribution >= 0.6 is 24.8 Å². The first kappa shape index (κ1) is 19.5. The van der Waals surface area contributed by atoms with Gasteiger partial charge in [0.2, 0.25) is 0 Å². The van der Waals surface area contributed by atoms with Gasteiger partial charge in [0.05, 0.1) is 0 Å². The number of amides is 1. The molecule has 2 heterocycles. The van der Waals surface area contributed by atoms with Crippen molar-refractivity contribution in [2.45, 2.75) is 25.8 Å². The van der Waals surface area contributed by atoms with Gasteiger partial charge in [0.25, 0.3) is 5.91 Å². The second-order valence-corrected chi connectivity index (χ2v) is 5.41. The fraction of sp³-hybridized carbons (Fsp3) is 0.375. The first-order valence-corrected chi connectivity index (χ1v) is 7.26. The summed E-state index contributed by atoms with van der Waals surface area (Å²) in [6, 6.07) is 8.02. The third kappa shape index (κ3) is 4.70. The molecule has 1 aromatic heterocycles. The number of carbonyl (C=O) groups is 1. The fourth-order valence-electron chi connectivity index (χ4n) is 2.55. The summed E-state index contributed by atoms with van der Waals surface area (Å²) in [5.41, 5.74) is 2.38. The van der Waals surface area contributed by atoms with E-state index in [9.17, 15) is 4.79 Å². The number of nitrogens with zero attached hydrogens (tertiary/aromatic N) is 1. The number of rotatable bonds is 3. The zero-order valence-electron chi connectivity index (χ0n) is 12.9. The van der Waals surface area contributed by atoms with E-state index in [1.165, 1.54) is 6.39 Å². The van der Waals surface area contributed by atoms with Gasteiger partial charge >= 0.3 is 0 Å². The highest BCUT2D eigenvalue weighted by Crippen LogP contribution is 2.23. The molecule has 1 atom stereocenters. The molecule has 1 aliphatic heterocycles. The molecule has 0 bridgehead atoms. The predicted molar refractivity (Wildman–Crippen MR) is 94.5 cm³/mol. The molecule has 23 heavy (non-hydrogen) atoms. The molecule has 2 aromatic rings.